The van der Waals surface area contributed by atoms with E-state index in [9.17, 15) is 4.79 Å². The Morgan fingerprint density at radius 2 is 1.78 bits per heavy atom. The van der Waals surface area contributed by atoms with E-state index in [0.29, 0.717) is 5.82 Å². The Kier molecular flexibility index (Phi) is 2.90. The fraction of sp³-hybridized carbons (Fsp3) is 0.308. The van der Waals surface area contributed by atoms with Gasteiger partial charge < -0.3 is 11.1 Å². The minimum atomic E-state index is -0.859. The molecule has 0 radical (unpaired) electrons. The molecule has 0 aliphatic carbocycles. The lowest BCUT2D eigenvalue weighted by Crippen LogP contribution is -2.45. The second kappa shape index (κ2) is 4.25. The number of nitrogens with two attached hydrogens (primary N) is 1. The first-order chi connectivity index (χ1) is 8.40. The van der Waals surface area contributed by atoms with E-state index in [0.717, 1.165) is 16.7 Å². The Hall–Kier alpha value is -2.17. The average Bonchev–Trinajstić information content (AvgIpc) is 2.29. The number of carbonyl (C=O) groups excluding carboxylic acids is 1. The van der Waals surface area contributed by atoms with Crippen LogP contribution in [0.15, 0.2) is 24.3 Å². The van der Waals surface area contributed by atoms with Crippen molar-refractivity contribution in [1.29, 1.82) is 0 Å². The summed E-state index contributed by atoms with van der Waals surface area (Å²) in [5.74, 6) is 0.148. The van der Waals surface area contributed by atoms with Gasteiger partial charge in [0.1, 0.15) is 11.4 Å². The predicted molar refractivity (Wildman–Crippen MR) is 71.2 cm³/mol. The first kappa shape index (κ1) is 12.3. The number of primary amides is 1. The van der Waals surface area contributed by atoms with Gasteiger partial charge in [-0.1, -0.05) is 12.1 Å². The van der Waals surface area contributed by atoms with Gasteiger partial charge in [-0.25, -0.2) is 9.97 Å². The molecule has 0 aliphatic heterocycles. The van der Waals surface area contributed by atoms with Gasteiger partial charge in [-0.05, 0) is 32.9 Å². The molecule has 0 atom stereocenters. The molecule has 0 saturated heterocycles. The number of nitrogens with zero attached hydrogens (tertiary/aromatic N) is 2. The highest BCUT2D eigenvalue weighted by Gasteiger charge is 2.25. The van der Waals surface area contributed by atoms with Crippen LogP contribution in [0, 0.1) is 6.92 Å². The molecule has 1 aromatic carbocycles. The third-order valence-electron chi connectivity index (χ3n) is 2.79. The highest BCUT2D eigenvalue weighted by molar-refractivity contribution is 5.87. The van der Waals surface area contributed by atoms with Gasteiger partial charge >= 0.3 is 0 Å². The smallest absolute Gasteiger partial charge is 0.242 e. The predicted octanol–water partition coefficient (Wildman–Crippen LogP) is 1.61. The van der Waals surface area contributed by atoms with Crippen molar-refractivity contribution in [2.45, 2.75) is 26.3 Å². The van der Waals surface area contributed by atoms with E-state index in [1.165, 1.54) is 0 Å². The minimum absolute atomic E-state index is 0.433. The first-order valence-electron chi connectivity index (χ1n) is 5.71. The van der Waals surface area contributed by atoms with Gasteiger partial charge in [0.25, 0.3) is 0 Å². The molecule has 5 nitrogen and oxygen atoms in total. The van der Waals surface area contributed by atoms with Crippen LogP contribution >= 0.6 is 0 Å². The molecule has 1 amide bonds. The molecular weight excluding hydrogens is 228 g/mol. The van der Waals surface area contributed by atoms with Crippen LogP contribution in [0.5, 0.6) is 0 Å². The number of amides is 1. The van der Waals surface area contributed by atoms with Crippen LogP contribution < -0.4 is 11.1 Å². The zero-order valence-electron chi connectivity index (χ0n) is 10.7. The Balaban J connectivity index is 2.45. The van der Waals surface area contributed by atoms with E-state index in [1.54, 1.807) is 13.8 Å². The number of para-hydroxylation sites is 2. The largest absolute Gasteiger partial charge is 0.368 e. The lowest BCUT2D eigenvalue weighted by molar-refractivity contribution is -0.121. The summed E-state index contributed by atoms with van der Waals surface area (Å²) in [5.41, 5.74) is 6.83. The number of benzene rings is 1. The van der Waals surface area contributed by atoms with Gasteiger partial charge in [0, 0.05) is 0 Å². The maximum Gasteiger partial charge on any atom is 0.242 e. The van der Waals surface area contributed by atoms with Gasteiger partial charge in [-0.2, -0.15) is 0 Å². The van der Waals surface area contributed by atoms with Gasteiger partial charge in [-0.15, -0.1) is 0 Å². The number of anilines is 1. The third kappa shape index (κ3) is 2.25. The molecular formula is C13H16N4O. The summed E-state index contributed by atoms with van der Waals surface area (Å²) in [4.78, 5) is 20.2. The van der Waals surface area contributed by atoms with Crippen LogP contribution in [-0.4, -0.2) is 21.4 Å². The van der Waals surface area contributed by atoms with Crippen molar-refractivity contribution >= 4 is 22.8 Å². The molecule has 0 bridgehead atoms. The lowest BCUT2D eigenvalue weighted by atomic mass is 10.1. The molecule has 0 saturated carbocycles. The van der Waals surface area contributed by atoms with Crippen LogP contribution in [0.3, 0.4) is 0 Å². The number of carbonyl (C=O) groups is 1. The fourth-order valence-corrected chi connectivity index (χ4v) is 1.56. The van der Waals surface area contributed by atoms with Gasteiger partial charge in [0.15, 0.2) is 0 Å². The number of hydrogen-bond acceptors (Lipinski definition) is 4. The highest BCUT2D eigenvalue weighted by Crippen LogP contribution is 2.19. The highest BCUT2D eigenvalue weighted by atomic mass is 16.1. The molecule has 5 heteroatoms. The molecule has 0 unspecified atom stereocenters. The van der Waals surface area contributed by atoms with E-state index in [4.69, 9.17) is 5.73 Å². The average molecular weight is 244 g/mol. The van der Waals surface area contributed by atoms with Crippen molar-refractivity contribution in [2.24, 2.45) is 5.73 Å². The Bertz CT molecular complexity index is 607. The standard InChI is InChI=1S/C13H16N4O/c1-8-11(17-13(2,3)12(14)18)16-10-7-5-4-6-9(10)15-8/h4-7H,1-3H3,(H2,14,18)(H,16,17). The van der Waals surface area contributed by atoms with Crippen molar-refractivity contribution in [3.63, 3.8) is 0 Å². The van der Waals surface area contributed by atoms with Gasteiger partial charge in [-0.3, -0.25) is 4.79 Å². The molecule has 0 spiro atoms. The van der Waals surface area contributed by atoms with Crippen molar-refractivity contribution < 1.29 is 4.79 Å². The van der Waals surface area contributed by atoms with Crippen molar-refractivity contribution in [2.75, 3.05) is 5.32 Å². The molecule has 2 rings (SSSR count). The summed E-state index contributed by atoms with van der Waals surface area (Å²) >= 11 is 0. The summed E-state index contributed by atoms with van der Waals surface area (Å²) in [5, 5.41) is 3.03. The Labute approximate surface area is 105 Å². The molecule has 18 heavy (non-hydrogen) atoms. The maximum absolute atomic E-state index is 11.3. The summed E-state index contributed by atoms with van der Waals surface area (Å²) in [6, 6.07) is 7.59. The quantitative estimate of drug-likeness (QED) is 0.859. The van der Waals surface area contributed by atoms with Crippen molar-refractivity contribution in [3.05, 3.63) is 30.0 Å². The first-order valence-corrected chi connectivity index (χ1v) is 5.71. The zero-order chi connectivity index (χ0) is 13.3. The SMILES string of the molecule is Cc1nc2ccccc2nc1NC(C)(C)C(N)=O. The van der Waals surface area contributed by atoms with Crippen LogP contribution in [0.2, 0.25) is 0 Å². The van der Waals surface area contributed by atoms with Crippen molar-refractivity contribution in [1.82, 2.24) is 9.97 Å². The molecule has 94 valence electrons. The summed E-state index contributed by atoms with van der Waals surface area (Å²) < 4.78 is 0. The second-order valence-electron chi connectivity index (χ2n) is 4.76. The normalized spacial score (nSPS) is 11.5. The monoisotopic (exact) mass is 244 g/mol. The molecule has 0 fully saturated rings. The Morgan fingerprint density at radius 3 is 2.33 bits per heavy atom. The fourth-order valence-electron chi connectivity index (χ4n) is 1.56. The molecule has 0 aliphatic rings. The van der Waals surface area contributed by atoms with Crippen LogP contribution in [-0.2, 0) is 4.79 Å². The topological polar surface area (TPSA) is 80.9 Å². The zero-order valence-corrected chi connectivity index (χ0v) is 10.7. The maximum atomic E-state index is 11.3. The van der Waals surface area contributed by atoms with Crippen LogP contribution in [0.25, 0.3) is 11.0 Å². The number of nitrogens with one attached hydrogen (secondary N) is 1. The minimum Gasteiger partial charge on any atom is -0.368 e. The summed E-state index contributed by atoms with van der Waals surface area (Å²) in [6.45, 7) is 5.27. The van der Waals surface area contributed by atoms with Gasteiger partial charge in [0.05, 0.1) is 16.7 Å². The number of hydrogen-bond donors (Lipinski definition) is 2. The molecule has 3 N–H and O–H groups in total. The second-order valence-corrected chi connectivity index (χ2v) is 4.76. The summed E-state index contributed by atoms with van der Waals surface area (Å²) in [7, 11) is 0. The number of rotatable bonds is 3. The number of aryl methyl sites for hydroxylation is 1. The van der Waals surface area contributed by atoms with E-state index in [2.05, 4.69) is 15.3 Å². The van der Waals surface area contributed by atoms with E-state index in [-0.39, 0.29) is 0 Å². The van der Waals surface area contributed by atoms with E-state index < -0.39 is 11.4 Å². The van der Waals surface area contributed by atoms with Crippen LogP contribution in [0.4, 0.5) is 5.82 Å². The molecule has 1 heterocycles. The summed E-state index contributed by atoms with van der Waals surface area (Å²) in [6.07, 6.45) is 0. The van der Waals surface area contributed by atoms with E-state index in [1.807, 2.05) is 31.2 Å². The molecule has 1 aromatic heterocycles. The van der Waals surface area contributed by atoms with E-state index >= 15 is 0 Å². The third-order valence-corrected chi connectivity index (χ3v) is 2.79. The molecule has 2 aromatic rings. The number of aromatic nitrogens is 2. The number of fused-ring (bicyclic) bond motifs is 1. The lowest BCUT2D eigenvalue weighted by Gasteiger charge is -2.23. The van der Waals surface area contributed by atoms with Crippen LogP contribution in [0.1, 0.15) is 19.5 Å². The van der Waals surface area contributed by atoms with Crippen molar-refractivity contribution in [3.8, 4) is 0 Å². The Morgan fingerprint density at radius 1 is 1.22 bits per heavy atom. The van der Waals surface area contributed by atoms with Gasteiger partial charge in [0.2, 0.25) is 5.91 Å².